The summed E-state index contributed by atoms with van der Waals surface area (Å²) in [5.74, 6) is 0. The Labute approximate surface area is 105 Å². The highest BCUT2D eigenvalue weighted by molar-refractivity contribution is 7.12. The van der Waals surface area contributed by atoms with Gasteiger partial charge < -0.3 is 13.6 Å². The Morgan fingerprint density at radius 1 is 0.938 bits per heavy atom. The minimum absolute atomic E-state index is 0.617. The van der Waals surface area contributed by atoms with Crippen molar-refractivity contribution in [1.82, 2.24) is 0 Å². The molecule has 0 N–H and O–H groups in total. The maximum atomic E-state index is 6.32. The molecule has 98 valence electrons. The van der Waals surface area contributed by atoms with Crippen LogP contribution >= 0.6 is 11.1 Å². The minimum Gasteiger partial charge on any atom is -0.383 e. The van der Waals surface area contributed by atoms with Gasteiger partial charge in [0.15, 0.2) is 0 Å². The van der Waals surface area contributed by atoms with Crippen LogP contribution in [0.4, 0.5) is 0 Å². The Balaban J connectivity index is 3.59. The minimum atomic E-state index is -2.43. The van der Waals surface area contributed by atoms with Crippen LogP contribution in [0.1, 0.15) is 40.0 Å². The van der Waals surface area contributed by atoms with Crippen molar-refractivity contribution in [2.45, 2.75) is 46.1 Å². The molecule has 0 aliphatic rings. The molecule has 0 bridgehead atoms. The van der Waals surface area contributed by atoms with Crippen LogP contribution in [0.2, 0.25) is 6.04 Å². The van der Waals surface area contributed by atoms with E-state index in [0.29, 0.717) is 13.2 Å². The van der Waals surface area contributed by atoms with Crippen LogP contribution in [0.5, 0.6) is 0 Å². The SMILES string of the molecule is CCCCOCCC[Si](Cl)(OCC)OCC. The zero-order chi connectivity index (χ0) is 12.3. The molecule has 5 heteroatoms. The molecule has 0 saturated carbocycles. The summed E-state index contributed by atoms with van der Waals surface area (Å²) in [5.41, 5.74) is 0. The van der Waals surface area contributed by atoms with Crippen molar-refractivity contribution in [3.63, 3.8) is 0 Å². The van der Waals surface area contributed by atoms with Gasteiger partial charge in [-0.25, -0.2) is 0 Å². The molecule has 0 radical (unpaired) electrons. The molecule has 0 rings (SSSR count). The second-order valence-corrected chi connectivity index (χ2v) is 7.72. The number of halogens is 1. The van der Waals surface area contributed by atoms with E-state index in [0.717, 1.165) is 32.1 Å². The van der Waals surface area contributed by atoms with Crippen LogP contribution in [-0.4, -0.2) is 34.3 Å². The van der Waals surface area contributed by atoms with Crippen LogP contribution in [0.3, 0.4) is 0 Å². The second-order valence-electron chi connectivity index (χ2n) is 3.60. The molecular formula is C11H25ClO3Si. The third-order valence-corrected chi connectivity index (χ3v) is 5.74. The van der Waals surface area contributed by atoms with Crippen LogP contribution in [0.25, 0.3) is 0 Å². The fraction of sp³-hybridized carbons (Fsp3) is 1.00. The standard InChI is InChI=1S/C11H25ClO3Si/c1-4-7-9-13-10-8-11-16(12,14-5-2)15-6-3/h4-11H2,1-3H3. The van der Waals surface area contributed by atoms with E-state index in [1.165, 1.54) is 6.42 Å². The van der Waals surface area contributed by atoms with Crippen LogP contribution in [-0.2, 0) is 13.6 Å². The van der Waals surface area contributed by atoms with Crippen LogP contribution in [0.15, 0.2) is 0 Å². The van der Waals surface area contributed by atoms with Gasteiger partial charge in [-0.2, -0.15) is 0 Å². The monoisotopic (exact) mass is 268 g/mol. The van der Waals surface area contributed by atoms with Gasteiger partial charge in [0.25, 0.3) is 0 Å². The lowest BCUT2D eigenvalue weighted by molar-refractivity contribution is 0.127. The molecule has 0 fully saturated rings. The van der Waals surface area contributed by atoms with Gasteiger partial charge in [-0.3, -0.25) is 0 Å². The molecule has 0 atom stereocenters. The molecule has 0 spiro atoms. The molecule has 0 unspecified atom stereocenters. The summed E-state index contributed by atoms with van der Waals surface area (Å²) in [6.07, 6.45) is 3.21. The fourth-order valence-electron chi connectivity index (χ4n) is 1.35. The zero-order valence-electron chi connectivity index (χ0n) is 10.8. The average Bonchev–Trinajstić information content (AvgIpc) is 2.24. The first-order chi connectivity index (χ1) is 7.68. The summed E-state index contributed by atoms with van der Waals surface area (Å²) >= 11 is 6.32. The number of hydrogen-bond donors (Lipinski definition) is 0. The van der Waals surface area contributed by atoms with E-state index >= 15 is 0 Å². The van der Waals surface area contributed by atoms with Crippen LogP contribution in [0, 0.1) is 0 Å². The average molecular weight is 269 g/mol. The highest BCUT2D eigenvalue weighted by atomic mass is 35.6. The van der Waals surface area contributed by atoms with Crippen molar-refractivity contribution < 1.29 is 13.6 Å². The molecule has 0 aromatic carbocycles. The summed E-state index contributed by atoms with van der Waals surface area (Å²) in [6, 6.07) is 0.794. The van der Waals surface area contributed by atoms with Crippen LogP contribution < -0.4 is 0 Å². The van der Waals surface area contributed by atoms with E-state index in [2.05, 4.69) is 6.92 Å². The quantitative estimate of drug-likeness (QED) is 0.326. The van der Waals surface area contributed by atoms with Gasteiger partial charge in [0.2, 0.25) is 0 Å². The second kappa shape index (κ2) is 10.5. The number of ether oxygens (including phenoxy) is 1. The molecule has 3 nitrogen and oxygen atoms in total. The van der Waals surface area contributed by atoms with Crippen molar-refractivity contribution in [3.8, 4) is 0 Å². The number of rotatable bonds is 11. The topological polar surface area (TPSA) is 27.7 Å². The predicted octanol–water partition coefficient (Wildman–Crippen LogP) is 3.44. The predicted molar refractivity (Wildman–Crippen MR) is 70.0 cm³/mol. The van der Waals surface area contributed by atoms with E-state index < -0.39 is 7.87 Å². The number of hydrogen-bond acceptors (Lipinski definition) is 3. The Morgan fingerprint density at radius 2 is 1.50 bits per heavy atom. The lowest BCUT2D eigenvalue weighted by atomic mass is 10.4. The maximum absolute atomic E-state index is 6.32. The zero-order valence-corrected chi connectivity index (χ0v) is 12.5. The third kappa shape index (κ3) is 8.53. The first-order valence-electron chi connectivity index (χ1n) is 6.23. The van der Waals surface area contributed by atoms with E-state index in [1.54, 1.807) is 0 Å². The molecular weight excluding hydrogens is 244 g/mol. The molecule has 0 amide bonds. The van der Waals surface area contributed by atoms with Gasteiger partial charge in [-0.1, -0.05) is 24.4 Å². The van der Waals surface area contributed by atoms with E-state index in [4.69, 9.17) is 24.7 Å². The summed E-state index contributed by atoms with van der Waals surface area (Å²) in [4.78, 5) is 0. The molecule has 0 aliphatic heterocycles. The Bertz CT molecular complexity index is 152. The molecule has 16 heavy (non-hydrogen) atoms. The lowest BCUT2D eigenvalue weighted by Gasteiger charge is -2.22. The van der Waals surface area contributed by atoms with Gasteiger partial charge in [-0.05, 0) is 26.7 Å². The summed E-state index contributed by atoms with van der Waals surface area (Å²) in [6.45, 7) is 8.88. The van der Waals surface area contributed by atoms with Gasteiger partial charge in [-0.15, -0.1) is 0 Å². The maximum Gasteiger partial charge on any atom is 0.443 e. The summed E-state index contributed by atoms with van der Waals surface area (Å²) in [7, 11) is -2.43. The van der Waals surface area contributed by atoms with Crippen molar-refractivity contribution >= 4 is 18.9 Å². The highest BCUT2D eigenvalue weighted by Crippen LogP contribution is 2.20. The van der Waals surface area contributed by atoms with Gasteiger partial charge >= 0.3 is 7.87 Å². The first-order valence-corrected chi connectivity index (χ1v) is 9.26. The summed E-state index contributed by atoms with van der Waals surface area (Å²) < 4.78 is 16.5. The molecule has 0 heterocycles. The van der Waals surface area contributed by atoms with Crippen molar-refractivity contribution in [1.29, 1.82) is 0 Å². The normalized spacial score (nSPS) is 12.0. The smallest absolute Gasteiger partial charge is 0.383 e. The lowest BCUT2D eigenvalue weighted by Crippen LogP contribution is -2.36. The van der Waals surface area contributed by atoms with E-state index in [-0.39, 0.29) is 0 Å². The van der Waals surface area contributed by atoms with Gasteiger partial charge in [0, 0.05) is 32.5 Å². The molecule has 0 aromatic rings. The van der Waals surface area contributed by atoms with Gasteiger partial charge in [0.1, 0.15) is 0 Å². The van der Waals surface area contributed by atoms with E-state index in [9.17, 15) is 0 Å². The van der Waals surface area contributed by atoms with Gasteiger partial charge in [0.05, 0.1) is 0 Å². The molecule has 0 aromatic heterocycles. The van der Waals surface area contributed by atoms with E-state index in [1.807, 2.05) is 13.8 Å². The Morgan fingerprint density at radius 3 is 2.00 bits per heavy atom. The van der Waals surface area contributed by atoms with Crippen molar-refractivity contribution in [2.75, 3.05) is 26.4 Å². The molecule has 0 saturated heterocycles. The Kier molecular flexibility index (Phi) is 10.8. The van der Waals surface area contributed by atoms with Crippen molar-refractivity contribution in [2.24, 2.45) is 0 Å². The van der Waals surface area contributed by atoms with Crippen molar-refractivity contribution in [3.05, 3.63) is 0 Å². The summed E-state index contributed by atoms with van der Waals surface area (Å²) in [5, 5.41) is 0. The first kappa shape index (κ1) is 16.4. The third-order valence-electron chi connectivity index (χ3n) is 2.13. The largest absolute Gasteiger partial charge is 0.443 e. The fourth-order valence-corrected chi connectivity index (χ4v) is 4.21. The Hall–Kier alpha value is 0.387. The highest BCUT2D eigenvalue weighted by Gasteiger charge is 2.34. The number of unbranched alkanes of at least 4 members (excludes halogenated alkanes) is 1. The molecule has 0 aliphatic carbocycles.